The van der Waals surface area contributed by atoms with Gasteiger partial charge in [0.2, 0.25) is 0 Å². The van der Waals surface area contributed by atoms with E-state index in [4.69, 9.17) is 11.6 Å². The topological polar surface area (TPSA) is 128 Å². The van der Waals surface area contributed by atoms with Crippen molar-refractivity contribution in [2.45, 2.75) is 69.1 Å². The molecule has 4 N–H and O–H groups in total. The fourth-order valence-electron chi connectivity index (χ4n) is 8.44. The normalized spacial score (nSPS) is 19.4. The number of nitrogens with zero attached hydrogens (tertiary/aromatic N) is 3. The monoisotopic (exact) mass is 655 g/mol. The summed E-state index contributed by atoms with van der Waals surface area (Å²) >= 11 is 6.06. The first-order valence-electron chi connectivity index (χ1n) is 17.0. The molecule has 5 aromatic rings. The van der Waals surface area contributed by atoms with Crippen LogP contribution in [0.4, 0.5) is 0 Å². The highest BCUT2D eigenvalue weighted by Crippen LogP contribution is 2.54. The van der Waals surface area contributed by atoms with E-state index in [1.807, 2.05) is 37.6 Å². The van der Waals surface area contributed by atoms with Crippen molar-refractivity contribution < 1.29 is 9.59 Å². The molecule has 240 valence electrons. The van der Waals surface area contributed by atoms with Gasteiger partial charge in [-0.3, -0.25) is 19.6 Å². The molecular weight excluding hydrogens is 622 g/mol. The molecule has 2 spiro atoms. The highest BCUT2D eigenvalue weighted by molar-refractivity contribution is 6.29. The number of aromatic nitrogens is 5. The second kappa shape index (κ2) is 9.89. The molecule has 0 saturated heterocycles. The van der Waals surface area contributed by atoms with Gasteiger partial charge in [-0.1, -0.05) is 11.6 Å². The molecular formula is C38H34ClN7O2. The summed E-state index contributed by atoms with van der Waals surface area (Å²) in [7, 11) is 0. The molecule has 6 aliphatic rings. The van der Waals surface area contributed by atoms with Crippen LogP contribution >= 0.6 is 11.6 Å². The van der Waals surface area contributed by atoms with Gasteiger partial charge in [-0.15, -0.1) is 0 Å². The summed E-state index contributed by atoms with van der Waals surface area (Å²) in [5.41, 5.74) is 16.6. The van der Waals surface area contributed by atoms with Gasteiger partial charge < -0.3 is 20.6 Å². The molecule has 48 heavy (non-hydrogen) atoms. The predicted molar refractivity (Wildman–Crippen MR) is 182 cm³/mol. The second-order valence-electron chi connectivity index (χ2n) is 14.5. The Morgan fingerprint density at radius 3 is 1.79 bits per heavy atom. The Morgan fingerprint density at radius 2 is 1.25 bits per heavy atom. The van der Waals surface area contributed by atoms with Crippen LogP contribution in [0, 0.1) is 6.92 Å². The minimum atomic E-state index is 0.0728. The molecule has 10 heteroatoms. The van der Waals surface area contributed by atoms with E-state index in [-0.39, 0.29) is 22.6 Å². The van der Waals surface area contributed by atoms with Crippen molar-refractivity contribution in [1.82, 2.24) is 35.6 Å². The smallest absolute Gasteiger partial charge is 0.253 e. The lowest BCUT2D eigenvalue weighted by atomic mass is 9.86. The summed E-state index contributed by atoms with van der Waals surface area (Å²) in [4.78, 5) is 45.5. The number of H-pyrrole nitrogens is 2. The van der Waals surface area contributed by atoms with Crippen molar-refractivity contribution in [1.29, 1.82) is 0 Å². The van der Waals surface area contributed by atoms with Gasteiger partial charge in [0.15, 0.2) is 0 Å². The number of pyridine rings is 3. The predicted octanol–water partition coefficient (Wildman–Crippen LogP) is 5.92. The van der Waals surface area contributed by atoms with Crippen LogP contribution in [0.3, 0.4) is 0 Å². The number of hydrogen-bond donors (Lipinski definition) is 4. The third-order valence-electron chi connectivity index (χ3n) is 11.6. The Morgan fingerprint density at radius 1 is 0.688 bits per heavy atom. The number of halogens is 1. The van der Waals surface area contributed by atoms with Gasteiger partial charge in [-0.05, 0) is 105 Å². The van der Waals surface area contributed by atoms with Crippen molar-refractivity contribution in [3.8, 4) is 33.8 Å². The van der Waals surface area contributed by atoms with Crippen LogP contribution in [0.5, 0.6) is 0 Å². The number of amides is 2. The van der Waals surface area contributed by atoms with Crippen LogP contribution in [0.15, 0.2) is 42.9 Å². The van der Waals surface area contributed by atoms with Gasteiger partial charge in [0, 0.05) is 76.3 Å². The highest BCUT2D eigenvalue weighted by Gasteiger charge is 2.53. The van der Waals surface area contributed by atoms with Crippen LogP contribution in [-0.2, 0) is 36.5 Å². The standard InChI is InChI=1S/C22H20N4O.C16H14ClN3O/c1-12-2-3-14(10-23-12)17-8-16-13(9-24-17)4-5-15-18-20(26-19(15)16)22(6-7-22)11-25-21(18)27;17-11-5-10-8(6-18-11)1-2-9-12-14(20-13(9)10)16(3-4-16)7-19-15(12)21/h2-3,8-10,26H,4-7,11H2,1H3,(H,25,27);5-6,20H,1-4,7H2,(H,19,21). The van der Waals surface area contributed by atoms with Gasteiger partial charge in [-0.2, -0.15) is 0 Å². The van der Waals surface area contributed by atoms with Gasteiger partial charge in [-0.25, -0.2) is 4.98 Å². The van der Waals surface area contributed by atoms with Crippen LogP contribution in [-0.4, -0.2) is 49.8 Å². The molecule has 0 bridgehead atoms. The fraction of sp³-hybridized carbons (Fsp3) is 0.342. The van der Waals surface area contributed by atoms with E-state index in [1.54, 1.807) is 0 Å². The van der Waals surface area contributed by atoms with E-state index in [0.717, 1.165) is 121 Å². The third-order valence-corrected chi connectivity index (χ3v) is 11.8. The van der Waals surface area contributed by atoms with Gasteiger partial charge in [0.1, 0.15) is 5.15 Å². The van der Waals surface area contributed by atoms with Gasteiger partial charge >= 0.3 is 0 Å². The van der Waals surface area contributed by atoms with E-state index in [9.17, 15) is 9.59 Å². The average Bonchev–Trinajstić information content (AvgIpc) is 3.98. The van der Waals surface area contributed by atoms with Crippen LogP contribution < -0.4 is 10.6 Å². The van der Waals surface area contributed by atoms with E-state index >= 15 is 0 Å². The second-order valence-corrected chi connectivity index (χ2v) is 14.8. The van der Waals surface area contributed by atoms with Crippen molar-refractivity contribution >= 4 is 23.4 Å². The fourth-order valence-corrected chi connectivity index (χ4v) is 8.60. The number of carbonyl (C=O) groups is 2. The summed E-state index contributed by atoms with van der Waals surface area (Å²) in [6.45, 7) is 3.52. The summed E-state index contributed by atoms with van der Waals surface area (Å²) in [6, 6.07) is 8.14. The molecule has 0 unspecified atom stereocenters. The van der Waals surface area contributed by atoms with E-state index in [1.165, 1.54) is 27.9 Å². The van der Waals surface area contributed by atoms with Gasteiger partial charge in [0.05, 0.1) is 28.2 Å². The number of nitrogens with one attached hydrogen (secondary N) is 4. The lowest BCUT2D eigenvalue weighted by molar-refractivity contribution is 0.0928. The van der Waals surface area contributed by atoms with Crippen LogP contribution in [0.2, 0.25) is 5.15 Å². The van der Waals surface area contributed by atoms with E-state index in [2.05, 4.69) is 47.7 Å². The molecule has 2 aliphatic heterocycles. The van der Waals surface area contributed by atoms with Crippen LogP contribution in [0.1, 0.15) is 85.7 Å². The number of rotatable bonds is 1. The zero-order valence-corrected chi connectivity index (χ0v) is 27.4. The Balaban J connectivity index is 0.000000127. The lowest BCUT2D eigenvalue weighted by Crippen LogP contribution is -2.39. The summed E-state index contributed by atoms with van der Waals surface area (Å²) < 4.78 is 0. The number of aromatic amines is 2. The minimum Gasteiger partial charge on any atom is -0.357 e. The Hall–Kier alpha value is -4.76. The first-order chi connectivity index (χ1) is 23.3. The van der Waals surface area contributed by atoms with E-state index in [0.29, 0.717) is 5.15 Å². The molecule has 9 nitrogen and oxygen atoms in total. The maximum absolute atomic E-state index is 12.6. The molecule has 0 radical (unpaired) electrons. The number of hydrogen-bond acceptors (Lipinski definition) is 5. The Labute approximate surface area is 282 Å². The molecule has 0 aromatic carbocycles. The number of fused-ring (bicyclic) bond motifs is 12. The summed E-state index contributed by atoms with van der Waals surface area (Å²) in [6.07, 6.45) is 14.0. The number of carbonyl (C=O) groups excluding carboxylic acids is 2. The SMILES string of the molecule is Cc1ccc(-c2cc3c(cn2)CCc2c-3[nH]c3c2C(=O)NCC32CC2)cn1.O=C1NCC2(CC2)c2[nH]c3c(c21)CCc1cnc(Cl)cc1-3. The van der Waals surface area contributed by atoms with Gasteiger partial charge in [0.25, 0.3) is 11.8 Å². The third kappa shape index (κ3) is 4.12. The lowest BCUT2D eigenvalue weighted by Gasteiger charge is -2.23. The number of aryl methyl sites for hydroxylation is 3. The first kappa shape index (κ1) is 28.3. The first-order valence-corrected chi connectivity index (χ1v) is 17.3. The maximum Gasteiger partial charge on any atom is 0.253 e. The van der Waals surface area contributed by atoms with Crippen molar-refractivity contribution in [2.75, 3.05) is 13.1 Å². The molecule has 11 rings (SSSR count). The Kier molecular flexibility index (Phi) is 5.82. The molecule has 4 aliphatic carbocycles. The summed E-state index contributed by atoms with van der Waals surface area (Å²) in [5, 5.41) is 6.68. The van der Waals surface area contributed by atoms with Crippen molar-refractivity contribution in [3.05, 3.63) is 98.5 Å². The molecule has 5 aromatic heterocycles. The van der Waals surface area contributed by atoms with E-state index < -0.39 is 0 Å². The maximum atomic E-state index is 12.6. The largest absolute Gasteiger partial charge is 0.357 e. The van der Waals surface area contributed by atoms with Crippen molar-refractivity contribution in [3.63, 3.8) is 0 Å². The van der Waals surface area contributed by atoms with Crippen molar-refractivity contribution in [2.24, 2.45) is 0 Å². The molecule has 2 amide bonds. The summed E-state index contributed by atoms with van der Waals surface area (Å²) in [5.74, 6) is 0.157. The molecule has 0 atom stereocenters. The zero-order valence-electron chi connectivity index (χ0n) is 26.6. The zero-order chi connectivity index (χ0) is 32.4. The quantitative estimate of drug-likeness (QED) is 0.167. The highest BCUT2D eigenvalue weighted by atomic mass is 35.5. The molecule has 2 fully saturated rings. The molecule has 2 saturated carbocycles. The average molecular weight is 656 g/mol. The minimum absolute atomic E-state index is 0.0728. The van der Waals surface area contributed by atoms with Crippen LogP contribution in [0.25, 0.3) is 33.8 Å². The molecule has 7 heterocycles. The Bertz CT molecular complexity index is 2220.